The number of benzene rings is 1. The summed E-state index contributed by atoms with van der Waals surface area (Å²) in [6, 6.07) is 7.04. The van der Waals surface area contributed by atoms with Crippen LogP contribution < -0.4 is 5.73 Å². The number of amides is 2. The quantitative estimate of drug-likeness (QED) is 0.831. The van der Waals surface area contributed by atoms with E-state index >= 15 is 0 Å². The van der Waals surface area contributed by atoms with E-state index < -0.39 is 0 Å². The highest BCUT2D eigenvalue weighted by Crippen LogP contribution is 2.13. The van der Waals surface area contributed by atoms with Crippen molar-refractivity contribution >= 4 is 17.5 Å². The van der Waals surface area contributed by atoms with Gasteiger partial charge < -0.3 is 15.5 Å². The average molecular weight is 316 g/mol. The van der Waals surface area contributed by atoms with E-state index in [1.54, 1.807) is 29.2 Å². The van der Waals surface area contributed by atoms with E-state index in [2.05, 4.69) is 4.90 Å². The Kier molecular flexibility index (Phi) is 4.81. The van der Waals surface area contributed by atoms with Crippen molar-refractivity contribution in [3.05, 3.63) is 29.8 Å². The van der Waals surface area contributed by atoms with Crippen LogP contribution in [0.1, 0.15) is 23.2 Å². The van der Waals surface area contributed by atoms with Crippen molar-refractivity contribution in [3.8, 4) is 0 Å². The first-order valence-electron chi connectivity index (χ1n) is 8.28. The third kappa shape index (κ3) is 3.82. The van der Waals surface area contributed by atoms with Gasteiger partial charge in [0.2, 0.25) is 5.91 Å². The van der Waals surface area contributed by atoms with Crippen LogP contribution in [0.2, 0.25) is 0 Å². The first-order valence-corrected chi connectivity index (χ1v) is 8.28. The summed E-state index contributed by atoms with van der Waals surface area (Å²) >= 11 is 0. The largest absolute Gasteiger partial charge is 0.399 e. The molecule has 1 aromatic rings. The molecule has 0 atom stereocenters. The lowest BCUT2D eigenvalue weighted by atomic mass is 10.1. The van der Waals surface area contributed by atoms with Gasteiger partial charge in [0, 0.05) is 37.4 Å². The summed E-state index contributed by atoms with van der Waals surface area (Å²) < 4.78 is 0. The van der Waals surface area contributed by atoms with E-state index in [4.69, 9.17) is 5.73 Å². The van der Waals surface area contributed by atoms with Crippen LogP contribution in [0.4, 0.5) is 5.69 Å². The number of piperazine rings is 1. The number of carbonyl (C=O) groups excluding carboxylic acids is 2. The van der Waals surface area contributed by atoms with Gasteiger partial charge in [-0.3, -0.25) is 14.5 Å². The normalized spacial score (nSPS) is 19.1. The number of nitrogens with zero attached hydrogens (tertiary/aromatic N) is 3. The summed E-state index contributed by atoms with van der Waals surface area (Å²) in [5.74, 6) is 0.173. The Hall–Kier alpha value is -2.08. The Bertz CT molecular complexity index is 576. The van der Waals surface area contributed by atoms with Gasteiger partial charge in [0.15, 0.2) is 0 Å². The highest BCUT2D eigenvalue weighted by molar-refractivity contribution is 5.95. The number of carbonyl (C=O) groups is 2. The van der Waals surface area contributed by atoms with E-state index in [0.29, 0.717) is 44.0 Å². The maximum atomic E-state index is 12.5. The van der Waals surface area contributed by atoms with Crippen LogP contribution in [0.5, 0.6) is 0 Å². The Morgan fingerprint density at radius 3 is 2.26 bits per heavy atom. The lowest BCUT2D eigenvalue weighted by Crippen LogP contribution is -2.52. The summed E-state index contributed by atoms with van der Waals surface area (Å²) in [6.45, 7) is 4.96. The molecule has 0 spiro atoms. The minimum atomic E-state index is -0.0102. The number of nitrogen functional groups attached to an aromatic ring is 1. The number of likely N-dealkylation sites (tertiary alicyclic amines) is 1. The molecule has 0 radical (unpaired) electrons. The number of anilines is 1. The second-order valence-corrected chi connectivity index (χ2v) is 6.28. The number of nitrogens with two attached hydrogens (primary N) is 1. The molecule has 0 bridgehead atoms. The van der Waals surface area contributed by atoms with Crippen LogP contribution in [0.3, 0.4) is 0 Å². The smallest absolute Gasteiger partial charge is 0.254 e. The molecule has 23 heavy (non-hydrogen) atoms. The van der Waals surface area contributed by atoms with Crippen molar-refractivity contribution in [2.24, 2.45) is 0 Å². The molecule has 1 aromatic carbocycles. The molecule has 2 N–H and O–H groups in total. The predicted molar refractivity (Wildman–Crippen MR) is 89.0 cm³/mol. The molecule has 2 aliphatic heterocycles. The molecule has 2 saturated heterocycles. The summed E-state index contributed by atoms with van der Waals surface area (Å²) in [7, 11) is 0. The van der Waals surface area contributed by atoms with Gasteiger partial charge in [0.05, 0.1) is 6.54 Å². The van der Waals surface area contributed by atoms with Crippen molar-refractivity contribution < 1.29 is 9.59 Å². The van der Waals surface area contributed by atoms with Crippen molar-refractivity contribution in [2.75, 3.05) is 51.5 Å². The standard InChI is InChI=1S/C17H24N4O2/c18-15-5-3-4-14(12-15)17(23)21-10-8-20(9-11-21)16(22)13-19-6-1-2-7-19/h3-5,12H,1-2,6-11,13,18H2. The van der Waals surface area contributed by atoms with Crippen LogP contribution in [0.15, 0.2) is 24.3 Å². The fraction of sp³-hybridized carbons (Fsp3) is 0.529. The zero-order valence-corrected chi connectivity index (χ0v) is 13.4. The van der Waals surface area contributed by atoms with Crippen molar-refractivity contribution in [3.63, 3.8) is 0 Å². The van der Waals surface area contributed by atoms with Crippen molar-refractivity contribution in [1.29, 1.82) is 0 Å². The van der Waals surface area contributed by atoms with Crippen LogP contribution in [0, 0.1) is 0 Å². The molecule has 0 saturated carbocycles. The van der Waals surface area contributed by atoms with Gasteiger partial charge in [-0.1, -0.05) is 6.07 Å². The lowest BCUT2D eigenvalue weighted by molar-refractivity contribution is -0.133. The molecular formula is C17H24N4O2. The molecule has 6 heteroatoms. The zero-order valence-electron chi connectivity index (χ0n) is 13.4. The topological polar surface area (TPSA) is 69.9 Å². The van der Waals surface area contributed by atoms with Crippen LogP contribution in [-0.4, -0.2) is 72.3 Å². The maximum Gasteiger partial charge on any atom is 0.254 e. The van der Waals surface area contributed by atoms with E-state index in [9.17, 15) is 9.59 Å². The molecule has 2 heterocycles. The minimum absolute atomic E-state index is 0.0102. The highest BCUT2D eigenvalue weighted by Gasteiger charge is 2.26. The van der Waals surface area contributed by atoms with E-state index in [0.717, 1.165) is 13.1 Å². The molecule has 3 rings (SSSR count). The van der Waals surface area contributed by atoms with Gasteiger partial charge in [-0.05, 0) is 44.1 Å². The number of hydrogen-bond donors (Lipinski definition) is 1. The predicted octanol–water partition coefficient (Wildman–Crippen LogP) is 0.649. The molecule has 2 aliphatic rings. The fourth-order valence-electron chi connectivity index (χ4n) is 3.25. The number of rotatable bonds is 3. The lowest BCUT2D eigenvalue weighted by Gasteiger charge is -2.35. The maximum absolute atomic E-state index is 12.5. The second kappa shape index (κ2) is 7.00. The molecule has 6 nitrogen and oxygen atoms in total. The summed E-state index contributed by atoms with van der Waals surface area (Å²) in [5.41, 5.74) is 6.94. The van der Waals surface area contributed by atoms with Gasteiger partial charge in [-0.15, -0.1) is 0 Å². The first kappa shape index (κ1) is 15.8. The monoisotopic (exact) mass is 316 g/mol. The Balaban J connectivity index is 1.51. The highest BCUT2D eigenvalue weighted by atomic mass is 16.2. The third-order valence-corrected chi connectivity index (χ3v) is 4.61. The summed E-state index contributed by atoms with van der Waals surface area (Å²) in [4.78, 5) is 30.7. The molecule has 0 aliphatic carbocycles. The van der Waals surface area contributed by atoms with E-state index in [-0.39, 0.29) is 11.8 Å². The minimum Gasteiger partial charge on any atom is -0.399 e. The average Bonchev–Trinajstić information content (AvgIpc) is 3.07. The summed E-state index contributed by atoms with van der Waals surface area (Å²) in [6.07, 6.45) is 2.38. The van der Waals surface area contributed by atoms with Crippen molar-refractivity contribution in [2.45, 2.75) is 12.8 Å². The second-order valence-electron chi connectivity index (χ2n) is 6.28. The molecule has 2 amide bonds. The van der Waals surface area contributed by atoms with Gasteiger partial charge in [-0.2, -0.15) is 0 Å². The molecule has 124 valence electrons. The van der Waals surface area contributed by atoms with Crippen molar-refractivity contribution in [1.82, 2.24) is 14.7 Å². The van der Waals surface area contributed by atoms with Crippen LogP contribution in [0.25, 0.3) is 0 Å². The van der Waals surface area contributed by atoms with Gasteiger partial charge in [0.1, 0.15) is 0 Å². The van der Waals surface area contributed by atoms with E-state index in [1.807, 2.05) is 4.90 Å². The number of hydrogen-bond acceptors (Lipinski definition) is 4. The fourth-order valence-corrected chi connectivity index (χ4v) is 3.25. The van der Waals surface area contributed by atoms with Crippen LogP contribution in [-0.2, 0) is 4.79 Å². The Morgan fingerprint density at radius 1 is 0.957 bits per heavy atom. The summed E-state index contributed by atoms with van der Waals surface area (Å²) in [5, 5.41) is 0. The van der Waals surface area contributed by atoms with Gasteiger partial charge in [-0.25, -0.2) is 0 Å². The first-order chi connectivity index (χ1) is 11.1. The molecule has 0 unspecified atom stereocenters. The third-order valence-electron chi connectivity index (χ3n) is 4.61. The molecule has 0 aromatic heterocycles. The van der Waals surface area contributed by atoms with Gasteiger partial charge in [0.25, 0.3) is 5.91 Å². The molecular weight excluding hydrogens is 292 g/mol. The van der Waals surface area contributed by atoms with Crippen LogP contribution >= 0.6 is 0 Å². The van der Waals surface area contributed by atoms with E-state index in [1.165, 1.54) is 12.8 Å². The Morgan fingerprint density at radius 2 is 1.61 bits per heavy atom. The Labute approximate surface area is 136 Å². The zero-order chi connectivity index (χ0) is 16.2. The van der Waals surface area contributed by atoms with Gasteiger partial charge >= 0.3 is 0 Å². The molecule has 2 fully saturated rings. The SMILES string of the molecule is Nc1cccc(C(=O)N2CCN(C(=O)CN3CCCC3)CC2)c1.